The summed E-state index contributed by atoms with van der Waals surface area (Å²) < 4.78 is 27.7. The van der Waals surface area contributed by atoms with Crippen LogP contribution in [0.1, 0.15) is 6.92 Å². The number of hydrogen-bond acceptors (Lipinski definition) is 8. The molecule has 0 aliphatic rings. The Morgan fingerprint density at radius 2 is 1.67 bits per heavy atom. The van der Waals surface area contributed by atoms with Gasteiger partial charge in [-0.1, -0.05) is 6.08 Å². The summed E-state index contributed by atoms with van der Waals surface area (Å²) in [7, 11) is -10.8. The van der Waals surface area contributed by atoms with E-state index in [1.165, 1.54) is 13.0 Å². The lowest BCUT2D eigenvalue weighted by Crippen LogP contribution is -2.19. The molecule has 114 valence electrons. The maximum atomic E-state index is 10.6. The standard InChI is InChI=1S/C5H12O8P2.3H3N/c1-5(4-6)2-3-12-15(10,11)13-14(7,8)9;;;/h2,6H,3-4H2,1H3,(H,10,11)(H2,7,8,9);3*1H3. The lowest BCUT2D eigenvalue weighted by Gasteiger charge is -2.34. The quantitative estimate of drug-likeness (QED) is 0.362. The highest BCUT2D eigenvalue weighted by Crippen LogP contribution is 2.50. The van der Waals surface area contributed by atoms with Crippen LogP contribution >= 0.6 is 15.6 Å². The van der Waals surface area contributed by atoms with Crippen molar-refractivity contribution in [2.45, 2.75) is 6.92 Å². The fraction of sp³-hybridized carbons (Fsp3) is 0.600. The van der Waals surface area contributed by atoms with Crippen molar-refractivity contribution in [3.8, 4) is 0 Å². The summed E-state index contributed by atoms with van der Waals surface area (Å²) in [6, 6.07) is 0. The van der Waals surface area contributed by atoms with Gasteiger partial charge in [-0.15, -0.1) is 0 Å². The van der Waals surface area contributed by atoms with Crippen LogP contribution in [0.3, 0.4) is 0 Å². The molecule has 0 bridgehead atoms. The molecule has 0 saturated heterocycles. The molecule has 0 aliphatic heterocycles. The average Bonchev–Trinajstić information content (AvgIpc) is 1.98. The molecule has 0 rings (SSSR count). The van der Waals surface area contributed by atoms with E-state index in [9.17, 15) is 23.8 Å². The first-order chi connectivity index (χ1) is 6.66. The highest BCUT2D eigenvalue weighted by Gasteiger charge is 2.10. The molecule has 0 aromatic rings. The van der Waals surface area contributed by atoms with Gasteiger partial charge in [-0.3, -0.25) is 8.88 Å². The van der Waals surface area contributed by atoms with Gasteiger partial charge in [0.1, 0.15) is 0 Å². The van der Waals surface area contributed by atoms with Crippen LogP contribution in [0, 0.1) is 0 Å². The molecule has 11 nitrogen and oxygen atoms in total. The molecule has 0 heterocycles. The Hall–Kier alpha value is -0.160. The Kier molecular flexibility index (Phi) is 15.8. The number of phosphoric acid groups is 2. The number of aliphatic hydroxyl groups is 1. The zero-order valence-corrected chi connectivity index (χ0v) is 12.5. The van der Waals surface area contributed by atoms with E-state index in [-0.39, 0.29) is 25.1 Å². The van der Waals surface area contributed by atoms with Crippen LogP contribution in [0.25, 0.3) is 0 Å². The molecule has 13 heteroatoms. The van der Waals surface area contributed by atoms with Crippen molar-refractivity contribution in [1.29, 1.82) is 0 Å². The molecule has 18 heavy (non-hydrogen) atoms. The van der Waals surface area contributed by atoms with Crippen molar-refractivity contribution in [1.82, 2.24) is 18.5 Å². The van der Waals surface area contributed by atoms with Gasteiger partial charge in [-0.05, 0) is 12.5 Å². The normalized spacial score (nSPS) is 14.6. The van der Waals surface area contributed by atoms with Gasteiger partial charge in [0, 0.05) is 0 Å². The molecule has 0 aliphatic carbocycles. The summed E-state index contributed by atoms with van der Waals surface area (Å²) in [5.41, 5.74) is 0.419. The highest BCUT2D eigenvalue weighted by atomic mass is 31.3. The molecule has 0 aromatic carbocycles. The van der Waals surface area contributed by atoms with Gasteiger partial charge in [-0.25, -0.2) is 0 Å². The maximum Gasteiger partial charge on any atom is 0.272 e. The number of quaternary nitrogens is 3. The molecular weight excluding hydrogens is 292 g/mol. The van der Waals surface area contributed by atoms with E-state index in [0.717, 1.165) is 0 Å². The Balaban J connectivity index is -0.000000327. The van der Waals surface area contributed by atoms with Gasteiger partial charge in [-0.2, -0.15) is 0 Å². The summed E-state index contributed by atoms with van der Waals surface area (Å²) in [5, 5.41) is 8.50. The molecule has 1 unspecified atom stereocenters. The molecular formula is C5H21N3O8P2. The second-order valence-corrected chi connectivity index (χ2v) is 5.18. The highest BCUT2D eigenvalue weighted by molar-refractivity contribution is 7.58. The molecule has 13 N–H and O–H groups in total. The summed E-state index contributed by atoms with van der Waals surface area (Å²) in [5.74, 6) is 0. The van der Waals surface area contributed by atoms with Gasteiger partial charge in [0.2, 0.25) is 0 Å². The minimum absolute atomic E-state index is 0. The second kappa shape index (κ2) is 10.7. The van der Waals surface area contributed by atoms with Crippen LogP contribution in [0.4, 0.5) is 0 Å². The van der Waals surface area contributed by atoms with E-state index in [2.05, 4.69) is 8.83 Å². The van der Waals surface area contributed by atoms with Gasteiger partial charge in [0.05, 0.1) is 21.0 Å². The van der Waals surface area contributed by atoms with E-state index in [1.54, 1.807) is 0 Å². The van der Waals surface area contributed by atoms with Crippen LogP contribution < -0.4 is 33.1 Å². The topological polar surface area (TPSA) is 252 Å². The summed E-state index contributed by atoms with van der Waals surface area (Å²) in [6.45, 7) is 0.675. The van der Waals surface area contributed by atoms with E-state index in [4.69, 9.17) is 5.11 Å². The van der Waals surface area contributed by atoms with Gasteiger partial charge in [0.15, 0.2) is 0 Å². The molecule has 0 amide bonds. The van der Waals surface area contributed by atoms with Crippen molar-refractivity contribution >= 4 is 15.6 Å². The largest absolute Gasteiger partial charge is 0.790 e. The monoisotopic (exact) mass is 313 g/mol. The van der Waals surface area contributed by atoms with E-state index >= 15 is 0 Å². The van der Waals surface area contributed by atoms with E-state index < -0.39 is 22.3 Å². The molecule has 0 aromatic heterocycles. The van der Waals surface area contributed by atoms with Crippen molar-refractivity contribution in [3.05, 3.63) is 11.6 Å². The van der Waals surface area contributed by atoms with Crippen LogP contribution in [0.5, 0.6) is 0 Å². The average molecular weight is 313 g/mol. The molecule has 0 spiro atoms. The Bertz CT molecular complexity index is 329. The number of hydrogen-bond donors (Lipinski definition) is 4. The summed E-state index contributed by atoms with van der Waals surface area (Å²) in [6.07, 6.45) is 1.19. The number of phosphoric ester groups is 1. The Morgan fingerprint density at radius 3 is 2.00 bits per heavy atom. The van der Waals surface area contributed by atoms with Gasteiger partial charge in [0.25, 0.3) is 7.82 Å². The fourth-order valence-electron chi connectivity index (χ4n) is 0.481. The van der Waals surface area contributed by atoms with Crippen LogP contribution in [-0.4, -0.2) is 18.3 Å². The van der Waals surface area contributed by atoms with Crippen LogP contribution in [-0.2, 0) is 18.0 Å². The first kappa shape index (κ1) is 26.4. The SMILES string of the molecule is CC(=CCOP(=O)([O-])OP(=O)([O-])[O-])CO.[NH4+].[NH4+].[NH4+]. The Labute approximate surface area is 104 Å². The minimum atomic E-state index is -5.63. The van der Waals surface area contributed by atoms with Gasteiger partial charge >= 0.3 is 0 Å². The van der Waals surface area contributed by atoms with E-state index in [0.29, 0.717) is 5.57 Å². The Morgan fingerprint density at radius 1 is 1.22 bits per heavy atom. The van der Waals surface area contributed by atoms with Crippen molar-refractivity contribution in [2.24, 2.45) is 0 Å². The molecule has 1 atom stereocenters. The van der Waals surface area contributed by atoms with E-state index in [1.807, 2.05) is 0 Å². The summed E-state index contributed by atoms with van der Waals surface area (Å²) >= 11 is 0. The summed E-state index contributed by atoms with van der Waals surface area (Å²) in [4.78, 5) is 30.5. The lowest BCUT2D eigenvalue weighted by atomic mass is 10.3. The minimum Gasteiger partial charge on any atom is -0.790 e. The molecule has 0 saturated carbocycles. The lowest BCUT2D eigenvalue weighted by molar-refractivity contribution is -0.339. The predicted molar refractivity (Wildman–Crippen MR) is 61.0 cm³/mol. The third kappa shape index (κ3) is 15.8. The van der Waals surface area contributed by atoms with Crippen LogP contribution in [0.15, 0.2) is 11.6 Å². The molecule has 0 fully saturated rings. The second-order valence-electron chi connectivity index (χ2n) is 2.48. The predicted octanol–water partition coefficient (Wildman–Crippen LogP) is -0.616. The molecule has 0 radical (unpaired) electrons. The van der Waals surface area contributed by atoms with Crippen molar-refractivity contribution in [3.63, 3.8) is 0 Å². The fourth-order valence-corrected chi connectivity index (χ4v) is 1.91. The van der Waals surface area contributed by atoms with Crippen molar-refractivity contribution < 1.29 is 37.8 Å². The van der Waals surface area contributed by atoms with Crippen molar-refractivity contribution in [2.75, 3.05) is 13.2 Å². The van der Waals surface area contributed by atoms with Gasteiger partial charge < -0.3 is 47.3 Å². The zero-order valence-electron chi connectivity index (χ0n) is 10.7. The smallest absolute Gasteiger partial charge is 0.272 e. The number of rotatable bonds is 6. The van der Waals surface area contributed by atoms with Crippen LogP contribution in [0.2, 0.25) is 0 Å². The zero-order chi connectivity index (χ0) is 12.1. The third-order valence-corrected chi connectivity index (χ3v) is 3.18. The maximum absolute atomic E-state index is 10.6. The first-order valence-electron chi connectivity index (χ1n) is 3.62. The number of aliphatic hydroxyl groups excluding tert-OH is 1. The first-order valence-corrected chi connectivity index (χ1v) is 6.54. The third-order valence-electron chi connectivity index (χ3n) is 1.11.